The number of rotatable bonds is 4. The van der Waals surface area contributed by atoms with E-state index in [1.807, 2.05) is 0 Å². The summed E-state index contributed by atoms with van der Waals surface area (Å²) in [5.74, 6) is -0.995. The second kappa shape index (κ2) is 5.11. The van der Waals surface area contributed by atoms with Gasteiger partial charge in [0.25, 0.3) is 0 Å². The van der Waals surface area contributed by atoms with Gasteiger partial charge in [0.1, 0.15) is 0 Å². The van der Waals surface area contributed by atoms with E-state index in [2.05, 4.69) is 4.89 Å². The highest BCUT2D eigenvalue weighted by atomic mass is 17.2. The Bertz CT molecular complexity index is 140. The predicted molar refractivity (Wildman–Crippen MR) is 41.5 cm³/mol. The maximum Gasteiger partial charge on any atom is 0.333 e. The highest BCUT2D eigenvalue weighted by molar-refractivity contribution is 5.67. The zero-order chi connectivity index (χ0) is 8.81. The molecule has 1 aliphatic rings. The Morgan fingerprint density at radius 2 is 2.00 bits per heavy atom. The number of carboxylic acid groups (broad SMARTS) is 1. The SMILES string of the molecule is O=C(O)COOC1CCCCC1. The molecule has 0 aromatic rings. The Kier molecular flexibility index (Phi) is 4.04. The average Bonchev–Trinajstić information content (AvgIpc) is 2.05. The topological polar surface area (TPSA) is 55.8 Å². The molecule has 0 amide bonds. The van der Waals surface area contributed by atoms with Crippen molar-refractivity contribution in [1.29, 1.82) is 0 Å². The van der Waals surface area contributed by atoms with Crippen molar-refractivity contribution in [2.75, 3.05) is 6.61 Å². The summed E-state index contributed by atoms with van der Waals surface area (Å²) in [7, 11) is 0. The van der Waals surface area contributed by atoms with Crippen LogP contribution < -0.4 is 0 Å². The minimum Gasteiger partial charge on any atom is -0.479 e. The van der Waals surface area contributed by atoms with Crippen LogP contribution in [0, 0.1) is 0 Å². The van der Waals surface area contributed by atoms with Crippen molar-refractivity contribution in [2.45, 2.75) is 38.2 Å². The van der Waals surface area contributed by atoms with Crippen molar-refractivity contribution in [3.8, 4) is 0 Å². The minimum absolute atomic E-state index is 0.109. The number of carbonyl (C=O) groups is 1. The Morgan fingerprint density at radius 3 is 2.58 bits per heavy atom. The second-order valence-corrected chi connectivity index (χ2v) is 3.01. The van der Waals surface area contributed by atoms with Gasteiger partial charge >= 0.3 is 5.97 Å². The van der Waals surface area contributed by atoms with Crippen LogP contribution in [0.3, 0.4) is 0 Å². The van der Waals surface area contributed by atoms with Crippen LogP contribution in [0.15, 0.2) is 0 Å². The Morgan fingerprint density at radius 1 is 1.33 bits per heavy atom. The van der Waals surface area contributed by atoms with Gasteiger partial charge in [-0.05, 0) is 12.8 Å². The van der Waals surface area contributed by atoms with Crippen molar-refractivity contribution < 1.29 is 19.7 Å². The molecule has 0 aromatic carbocycles. The molecule has 0 radical (unpaired) electrons. The summed E-state index contributed by atoms with van der Waals surface area (Å²) in [4.78, 5) is 19.5. The Hall–Kier alpha value is -0.610. The molecule has 0 saturated heterocycles. The maximum absolute atomic E-state index is 10.0. The summed E-state index contributed by atoms with van der Waals surface area (Å²) in [6.45, 7) is -0.365. The standard InChI is InChI=1S/C8H14O4/c9-8(10)6-11-12-7-4-2-1-3-5-7/h7H,1-6H2,(H,9,10). The number of aliphatic carboxylic acids is 1. The molecule has 0 unspecified atom stereocenters. The molecule has 4 nitrogen and oxygen atoms in total. The van der Waals surface area contributed by atoms with Crippen LogP contribution in [0.1, 0.15) is 32.1 Å². The molecule has 12 heavy (non-hydrogen) atoms. The summed E-state index contributed by atoms with van der Waals surface area (Å²) in [5.41, 5.74) is 0. The molecule has 4 heteroatoms. The molecule has 0 bridgehead atoms. The van der Waals surface area contributed by atoms with Gasteiger partial charge in [0.05, 0.1) is 6.10 Å². The van der Waals surface area contributed by atoms with Crippen LogP contribution in [0.25, 0.3) is 0 Å². The minimum atomic E-state index is -0.995. The summed E-state index contributed by atoms with van der Waals surface area (Å²) in [6, 6.07) is 0. The third kappa shape index (κ3) is 3.69. The van der Waals surface area contributed by atoms with E-state index in [-0.39, 0.29) is 12.7 Å². The molecule has 70 valence electrons. The van der Waals surface area contributed by atoms with Crippen molar-refractivity contribution in [3.63, 3.8) is 0 Å². The lowest BCUT2D eigenvalue weighted by Crippen LogP contribution is -2.19. The van der Waals surface area contributed by atoms with Gasteiger partial charge < -0.3 is 5.11 Å². The first-order valence-electron chi connectivity index (χ1n) is 4.29. The molecule has 0 spiro atoms. The van der Waals surface area contributed by atoms with Gasteiger partial charge in [0, 0.05) is 0 Å². The summed E-state index contributed by atoms with van der Waals surface area (Å²) < 4.78 is 0. The quantitative estimate of drug-likeness (QED) is 0.516. The molecule has 1 rings (SSSR count). The molecule has 0 aromatic heterocycles. The van der Waals surface area contributed by atoms with E-state index in [0.29, 0.717) is 0 Å². The predicted octanol–water partition coefficient (Wildman–Crippen LogP) is 1.35. The largest absolute Gasteiger partial charge is 0.479 e. The van der Waals surface area contributed by atoms with Crippen LogP contribution >= 0.6 is 0 Å². The fraction of sp³-hybridized carbons (Fsp3) is 0.875. The van der Waals surface area contributed by atoms with Gasteiger partial charge in [-0.15, -0.1) is 0 Å². The van der Waals surface area contributed by atoms with Gasteiger partial charge in [-0.25, -0.2) is 14.6 Å². The summed E-state index contributed by atoms with van der Waals surface area (Å²) in [5, 5.41) is 8.24. The van der Waals surface area contributed by atoms with E-state index in [9.17, 15) is 4.79 Å². The van der Waals surface area contributed by atoms with Crippen LogP contribution in [-0.2, 0) is 14.6 Å². The fourth-order valence-corrected chi connectivity index (χ4v) is 1.34. The van der Waals surface area contributed by atoms with Crippen molar-refractivity contribution in [3.05, 3.63) is 0 Å². The van der Waals surface area contributed by atoms with Crippen molar-refractivity contribution in [2.24, 2.45) is 0 Å². The van der Waals surface area contributed by atoms with E-state index in [4.69, 9.17) is 9.99 Å². The highest BCUT2D eigenvalue weighted by Crippen LogP contribution is 2.20. The van der Waals surface area contributed by atoms with E-state index in [0.717, 1.165) is 25.7 Å². The van der Waals surface area contributed by atoms with E-state index >= 15 is 0 Å². The maximum atomic E-state index is 10.0. The van der Waals surface area contributed by atoms with Crippen LogP contribution in [0.5, 0.6) is 0 Å². The number of hydrogen-bond donors (Lipinski definition) is 1. The van der Waals surface area contributed by atoms with Gasteiger partial charge in [-0.2, -0.15) is 0 Å². The number of hydrogen-bond acceptors (Lipinski definition) is 3. The molecule has 0 aliphatic heterocycles. The van der Waals surface area contributed by atoms with Gasteiger partial charge in [0.2, 0.25) is 0 Å². The first kappa shape index (κ1) is 9.48. The van der Waals surface area contributed by atoms with E-state index < -0.39 is 5.97 Å². The molecular formula is C8H14O4. The average molecular weight is 174 g/mol. The smallest absolute Gasteiger partial charge is 0.333 e. The Balaban J connectivity index is 2.01. The molecule has 1 saturated carbocycles. The molecular weight excluding hydrogens is 160 g/mol. The lowest BCUT2D eigenvalue weighted by atomic mass is 9.98. The third-order valence-electron chi connectivity index (χ3n) is 1.94. The van der Waals surface area contributed by atoms with Crippen molar-refractivity contribution in [1.82, 2.24) is 0 Å². The first-order valence-corrected chi connectivity index (χ1v) is 4.29. The van der Waals surface area contributed by atoms with Crippen LogP contribution in [-0.4, -0.2) is 23.8 Å². The van der Waals surface area contributed by atoms with E-state index in [1.165, 1.54) is 6.42 Å². The zero-order valence-electron chi connectivity index (χ0n) is 6.99. The molecule has 1 fully saturated rings. The summed E-state index contributed by atoms with van der Waals surface area (Å²) >= 11 is 0. The lowest BCUT2D eigenvalue weighted by Gasteiger charge is -2.19. The molecule has 0 atom stereocenters. The highest BCUT2D eigenvalue weighted by Gasteiger charge is 2.14. The number of carboxylic acids is 1. The Labute approximate surface area is 71.4 Å². The second-order valence-electron chi connectivity index (χ2n) is 3.01. The van der Waals surface area contributed by atoms with Gasteiger partial charge in [-0.3, -0.25) is 0 Å². The molecule has 1 aliphatic carbocycles. The van der Waals surface area contributed by atoms with Crippen LogP contribution in [0.4, 0.5) is 0 Å². The third-order valence-corrected chi connectivity index (χ3v) is 1.94. The van der Waals surface area contributed by atoms with Gasteiger partial charge in [0.15, 0.2) is 6.61 Å². The molecule has 1 N–H and O–H groups in total. The fourth-order valence-electron chi connectivity index (χ4n) is 1.34. The zero-order valence-corrected chi connectivity index (χ0v) is 6.99. The van der Waals surface area contributed by atoms with E-state index in [1.54, 1.807) is 0 Å². The normalized spacial score (nSPS) is 19.3. The monoisotopic (exact) mass is 174 g/mol. The van der Waals surface area contributed by atoms with Crippen LogP contribution in [0.2, 0.25) is 0 Å². The lowest BCUT2D eigenvalue weighted by molar-refractivity contribution is -0.324. The molecule has 0 heterocycles. The van der Waals surface area contributed by atoms with Crippen molar-refractivity contribution >= 4 is 5.97 Å². The first-order chi connectivity index (χ1) is 5.79. The summed E-state index contributed by atoms with van der Waals surface area (Å²) in [6.07, 6.45) is 5.64. The van der Waals surface area contributed by atoms with Gasteiger partial charge in [-0.1, -0.05) is 19.3 Å².